The zero-order valence-corrected chi connectivity index (χ0v) is 12.3. The van der Waals surface area contributed by atoms with Crippen LogP contribution in [0.2, 0.25) is 0 Å². The highest BCUT2D eigenvalue weighted by molar-refractivity contribution is 7.12. The van der Waals surface area contributed by atoms with Gasteiger partial charge in [0.1, 0.15) is 0 Å². The molecule has 0 fully saturated rings. The fraction of sp³-hybridized carbons (Fsp3) is 0.625. The van der Waals surface area contributed by atoms with Crippen LogP contribution in [0.15, 0.2) is 18.7 Å². The molecule has 18 heavy (non-hydrogen) atoms. The van der Waals surface area contributed by atoms with Gasteiger partial charge in [0.2, 0.25) is 0 Å². The van der Waals surface area contributed by atoms with E-state index in [1.54, 1.807) is 15.3 Å². The van der Waals surface area contributed by atoms with Crippen LogP contribution in [0.4, 0.5) is 0 Å². The number of allylic oxidation sites excluding steroid dienone is 1. The maximum absolute atomic E-state index is 3.80. The normalized spacial score (nSPS) is 16.9. The van der Waals surface area contributed by atoms with Crippen LogP contribution >= 0.6 is 11.3 Å². The molecule has 1 aromatic heterocycles. The Morgan fingerprint density at radius 2 is 2.22 bits per heavy atom. The first kappa shape index (κ1) is 13.8. The number of hydrogen-bond donors (Lipinski definition) is 1. The van der Waals surface area contributed by atoms with Gasteiger partial charge in [-0.3, -0.25) is 0 Å². The van der Waals surface area contributed by atoms with Crippen molar-refractivity contribution in [1.82, 2.24) is 5.32 Å². The van der Waals surface area contributed by atoms with E-state index in [-0.39, 0.29) is 0 Å². The van der Waals surface area contributed by atoms with Crippen LogP contribution in [0.25, 0.3) is 0 Å². The van der Waals surface area contributed by atoms with Crippen LogP contribution in [0.5, 0.6) is 0 Å². The van der Waals surface area contributed by atoms with Crippen molar-refractivity contribution in [3.63, 3.8) is 0 Å². The summed E-state index contributed by atoms with van der Waals surface area (Å²) < 4.78 is 0. The number of rotatable bonds is 6. The molecule has 0 radical (unpaired) electrons. The van der Waals surface area contributed by atoms with Gasteiger partial charge in [0.25, 0.3) is 0 Å². The molecule has 2 heteroatoms. The Morgan fingerprint density at radius 1 is 1.39 bits per heavy atom. The van der Waals surface area contributed by atoms with Crippen molar-refractivity contribution in [2.45, 2.75) is 57.4 Å². The molecule has 1 nitrogen and oxygen atoms in total. The van der Waals surface area contributed by atoms with Crippen LogP contribution < -0.4 is 5.32 Å². The minimum absolute atomic E-state index is 0.543. The van der Waals surface area contributed by atoms with E-state index in [9.17, 15) is 0 Å². The average Bonchev–Trinajstić information content (AvgIpc) is 2.66. The third kappa shape index (κ3) is 3.46. The first-order valence-corrected chi connectivity index (χ1v) is 8.06. The topological polar surface area (TPSA) is 12.0 Å². The summed E-state index contributed by atoms with van der Waals surface area (Å²) >= 11 is 2.05. The van der Waals surface area contributed by atoms with E-state index < -0.39 is 0 Å². The predicted molar refractivity (Wildman–Crippen MR) is 81.4 cm³/mol. The van der Waals surface area contributed by atoms with Crippen molar-refractivity contribution >= 4 is 11.3 Å². The summed E-state index contributed by atoms with van der Waals surface area (Å²) in [5.41, 5.74) is 1.64. The van der Waals surface area contributed by atoms with Crippen LogP contribution in [-0.2, 0) is 12.8 Å². The lowest BCUT2D eigenvalue weighted by Crippen LogP contribution is -2.14. The van der Waals surface area contributed by atoms with Gasteiger partial charge in [-0.05, 0) is 63.6 Å². The van der Waals surface area contributed by atoms with Crippen molar-refractivity contribution in [1.29, 1.82) is 0 Å². The molecule has 0 aromatic carbocycles. The summed E-state index contributed by atoms with van der Waals surface area (Å²) in [6.07, 6.45) is 12.4. The molecule has 1 aliphatic carbocycles. The molecule has 1 heterocycles. The molecule has 1 atom stereocenters. The maximum Gasteiger partial charge on any atom is 0.0412 e. The molecular weight excluding hydrogens is 238 g/mol. The molecule has 2 rings (SSSR count). The van der Waals surface area contributed by atoms with Crippen LogP contribution in [0.3, 0.4) is 0 Å². The predicted octanol–water partition coefficient (Wildman–Crippen LogP) is 4.63. The van der Waals surface area contributed by atoms with E-state index in [2.05, 4.69) is 36.3 Å². The number of nitrogens with one attached hydrogen (secondary N) is 1. The zero-order chi connectivity index (χ0) is 12.8. The Balaban J connectivity index is 2.04. The first-order valence-electron chi connectivity index (χ1n) is 7.24. The van der Waals surface area contributed by atoms with Gasteiger partial charge in [0.05, 0.1) is 0 Å². The third-order valence-corrected chi connectivity index (χ3v) is 5.21. The quantitative estimate of drug-likeness (QED) is 0.448. The summed E-state index contributed by atoms with van der Waals surface area (Å²) in [5.74, 6) is 0. The third-order valence-electron chi connectivity index (χ3n) is 3.86. The van der Waals surface area contributed by atoms with Crippen molar-refractivity contribution in [3.8, 4) is 0 Å². The number of unbranched alkanes of at least 4 members (excludes halogenated alkanes) is 1. The lowest BCUT2D eigenvalue weighted by Gasteiger charge is -2.13. The fourth-order valence-electron chi connectivity index (χ4n) is 2.76. The van der Waals surface area contributed by atoms with E-state index in [0.29, 0.717) is 6.04 Å². The van der Waals surface area contributed by atoms with Crippen molar-refractivity contribution in [3.05, 3.63) is 34.0 Å². The molecule has 1 aromatic rings. The molecule has 0 amide bonds. The van der Waals surface area contributed by atoms with Crippen LogP contribution in [-0.4, -0.2) is 7.05 Å². The highest BCUT2D eigenvalue weighted by atomic mass is 32.1. The van der Waals surface area contributed by atoms with Crippen molar-refractivity contribution in [2.24, 2.45) is 0 Å². The highest BCUT2D eigenvalue weighted by Crippen LogP contribution is 2.33. The molecule has 0 bridgehead atoms. The summed E-state index contributed by atoms with van der Waals surface area (Å²) in [4.78, 5) is 3.21. The fourth-order valence-corrected chi connectivity index (χ4v) is 4.16. The minimum Gasteiger partial charge on any atom is -0.312 e. The minimum atomic E-state index is 0.543. The smallest absolute Gasteiger partial charge is 0.0412 e. The van der Waals surface area contributed by atoms with E-state index in [1.165, 1.54) is 44.9 Å². The molecule has 0 saturated heterocycles. The molecule has 1 N–H and O–H groups in total. The number of aryl methyl sites for hydroxylation is 2. The van der Waals surface area contributed by atoms with E-state index in [0.717, 1.165) is 6.42 Å². The number of hydrogen-bond acceptors (Lipinski definition) is 2. The van der Waals surface area contributed by atoms with E-state index in [1.807, 2.05) is 6.08 Å². The summed E-state index contributed by atoms with van der Waals surface area (Å²) in [6.45, 7) is 3.80. The molecule has 0 saturated carbocycles. The number of fused-ring (bicyclic) bond motifs is 1. The van der Waals surface area contributed by atoms with Gasteiger partial charge in [-0.2, -0.15) is 0 Å². The Bertz CT molecular complexity index is 357. The van der Waals surface area contributed by atoms with Gasteiger partial charge >= 0.3 is 0 Å². The molecule has 1 unspecified atom stereocenters. The standard InChI is InChI=1S/C16H25NS/c1-3-4-6-10-14(17-2)16-12-13-9-7-5-8-11-15(13)18-16/h3,12,14,17H,1,4-11H2,2H3. The second-order valence-electron chi connectivity index (χ2n) is 5.22. The average molecular weight is 263 g/mol. The Hall–Kier alpha value is -0.600. The number of thiophene rings is 1. The van der Waals surface area contributed by atoms with Crippen LogP contribution in [0, 0.1) is 0 Å². The highest BCUT2D eigenvalue weighted by Gasteiger charge is 2.17. The van der Waals surface area contributed by atoms with Crippen molar-refractivity contribution in [2.75, 3.05) is 7.05 Å². The van der Waals surface area contributed by atoms with Crippen molar-refractivity contribution < 1.29 is 0 Å². The van der Waals surface area contributed by atoms with Gasteiger partial charge in [-0.1, -0.05) is 12.5 Å². The SMILES string of the molecule is C=CCCCC(NC)c1cc2c(s1)CCCCC2. The largest absolute Gasteiger partial charge is 0.312 e. The lowest BCUT2D eigenvalue weighted by atomic mass is 10.1. The molecule has 0 aliphatic heterocycles. The second kappa shape index (κ2) is 7.10. The van der Waals surface area contributed by atoms with Gasteiger partial charge in [-0.15, -0.1) is 17.9 Å². The summed E-state index contributed by atoms with van der Waals surface area (Å²) in [7, 11) is 2.09. The summed E-state index contributed by atoms with van der Waals surface area (Å²) in [5, 5.41) is 3.48. The molecular formula is C16H25NS. The molecule has 0 spiro atoms. The first-order chi connectivity index (χ1) is 8.85. The maximum atomic E-state index is 3.80. The van der Waals surface area contributed by atoms with Gasteiger partial charge in [0, 0.05) is 15.8 Å². The Kier molecular flexibility index (Phi) is 5.45. The second-order valence-corrected chi connectivity index (χ2v) is 6.39. The Labute approximate surface area is 115 Å². The Morgan fingerprint density at radius 3 is 3.00 bits per heavy atom. The molecule has 100 valence electrons. The summed E-state index contributed by atoms with van der Waals surface area (Å²) in [6, 6.07) is 3.02. The monoisotopic (exact) mass is 263 g/mol. The van der Waals surface area contributed by atoms with Gasteiger partial charge in [0.15, 0.2) is 0 Å². The van der Waals surface area contributed by atoms with E-state index >= 15 is 0 Å². The van der Waals surface area contributed by atoms with Gasteiger partial charge < -0.3 is 5.32 Å². The van der Waals surface area contributed by atoms with Crippen LogP contribution in [0.1, 0.15) is 59.9 Å². The lowest BCUT2D eigenvalue weighted by molar-refractivity contribution is 0.537. The molecule has 1 aliphatic rings. The zero-order valence-electron chi connectivity index (χ0n) is 11.5. The van der Waals surface area contributed by atoms with Gasteiger partial charge in [-0.25, -0.2) is 0 Å². The van der Waals surface area contributed by atoms with E-state index in [4.69, 9.17) is 0 Å².